The summed E-state index contributed by atoms with van der Waals surface area (Å²) in [5.41, 5.74) is 0. The molecular formula is C63H118O17P2. The number of esters is 4. The van der Waals surface area contributed by atoms with Crippen LogP contribution in [-0.2, 0) is 65.4 Å². The van der Waals surface area contributed by atoms with E-state index in [1.54, 1.807) is 0 Å². The number of phosphoric ester groups is 2. The molecule has 0 heterocycles. The highest BCUT2D eigenvalue weighted by molar-refractivity contribution is 7.47. The lowest BCUT2D eigenvalue weighted by Gasteiger charge is -2.21. The molecule has 17 nitrogen and oxygen atoms in total. The molecule has 0 rings (SSSR count). The number of carbonyl (C=O) groups is 4. The van der Waals surface area contributed by atoms with E-state index in [9.17, 15) is 43.2 Å². The van der Waals surface area contributed by atoms with Crippen LogP contribution in [0.3, 0.4) is 0 Å². The van der Waals surface area contributed by atoms with Gasteiger partial charge in [-0.25, -0.2) is 9.13 Å². The fraction of sp³-hybridized carbons (Fsp3) is 0.873. The zero-order valence-electron chi connectivity index (χ0n) is 52.1. The Morgan fingerprint density at radius 3 is 1.04 bits per heavy atom. The Morgan fingerprint density at radius 1 is 0.390 bits per heavy atom. The minimum Gasteiger partial charge on any atom is -0.462 e. The van der Waals surface area contributed by atoms with Crippen molar-refractivity contribution in [2.45, 2.75) is 310 Å². The zero-order valence-corrected chi connectivity index (χ0v) is 53.9. The van der Waals surface area contributed by atoms with Gasteiger partial charge in [-0.15, -0.1) is 0 Å². The molecule has 0 aromatic rings. The first-order valence-corrected chi connectivity index (χ1v) is 35.5. The van der Waals surface area contributed by atoms with Crippen molar-refractivity contribution in [3.8, 4) is 0 Å². The molecule has 82 heavy (non-hydrogen) atoms. The summed E-state index contributed by atoms with van der Waals surface area (Å²) >= 11 is 0. The number of unbranched alkanes of at least 4 members (excludes halogenated alkanes) is 29. The maximum atomic E-state index is 13.0. The lowest BCUT2D eigenvalue weighted by atomic mass is 9.99. The van der Waals surface area contributed by atoms with Gasteiger partial charge in [0.05, 0.1) is 26.4 Å². The standard InChI is InChI=1S/C63H118O17P2/c1-6-10-13-16-18-20-21-22-23-24-25-30-34-39-44-49-63(68)80-59(53-74-61(66)47-42-37-33-29-27-26-28-31-36-40-45-56(5)9-4)55-78-82(71,72)76-51-57(64)50-75-81(69,70)77-54-58(52-73-60(65)46-41-35-15-12-8-3)79-62(67)48-43-38-32-19-17-14-11-7-2/h20-23,56-59,64H,6-19,24-55H2,1-5H3,(H,69,70)(H,71,72)/b21-20-,23-22-/t56?,57-,58+,59+/m0/s1. The Bertz CT molecular complexity index is 1690. The van der Waals surface area contributed by atoms with E-state index in [1.165, 1.54) is 89.9 Å². The van der Waals surface area contributed by atoms with Crippen molar-refractivity contribution >= 4 is 39.5 Å². The Balaban J connectivity index is 5.21. The van der Waals surface area contributed by atoms with Gasteiger partial charge in [0, 0.05) is 25.7 Å². The van der Waals surface area contributed by atoms with Crippen LogP contribution < -0.4 is 0 Å². The van der Waals surface area contributed by atoms with E-state index in [2.05, 4.69) is 58.9 Å². The van der Waals surface area contributed by atoms with Crippen LogP contribution in [0.1, 0.15) is 291 Å². The summed E-state index contributed by atoms with van der Waals surface area (Å²) in [7, 11) is -9.88. The molecule has 0 aromatic heterocycles. The van der Waals surface area contributed by atoms with Crippen LogP contribution in [-0.4, -0.2) is 96.7 Å². The maximum Gasteiger partial charge on any atom is 0.472 e. The lowest BCUT2D eigenvalue weighted by Crippen LogP contribution is -2.30. The number of hydrogen-bond acceptors (Lipinski definition) is 15. The molecule has 0 saturated heterocycles. The first kappa shape index (κ1) is 79.5. The number of carbonyl (C=O) groups excluding carboxylic acids is 4. The molecule has 0 bridgehead atoms. The van der Waals surface area contributed by atoms with Gasteiger partial charge < -0.3 is 33.8 Å². The molecule has 0 spiro atoms. The highest BCUT2D eigenvalue weighted by Gasteiger charge is 2.30. The highest BCUT2D eigenvalue weighted by atomic mass is 31.2. The molecule has 0 fully saturated rings. The molecule has 3 N–H and O–H groups in total. The summed E-state index contributed by atoms with van der Waals surface area (Å²) in [6.07, 6.45) is 42.9. The molecule has 19 heteroatoms. The molecular weight excluding hydrogens is 1090 g/mol. The number of aliphatic hydroxyl groups is 1. The van der Waals surface area contributed by atoms with Crippen LogP contribution in [0.15, 0.2) is 24.3 Å². The van der Waals surface area contributed by atoms with E-state index >= 15 is 0 Å². The summed E-state index contributed by atoms with van der Waals surface area (Å²) in [6.45, 7) is 7.03. The van der Waals surface area contributed by atoms with Crippen LogP contribution >= 0.6 is 15.6 Å². The number of ether oxygens (including phenoxy) is 4. The number of aliphatic hydroxyl groups excluding tert-OH is 1. The minimum atomic E-state index is -4.95. The summed E-state index contributed by atoms with van der Waals surface area (Å²) in [4.78, 5) is 71.8. The molecule has 3 unspecified atom stereocenters. The molecule has 0 saturated carbocycles. The smallest absolute Gasteiger partial charge is 0.462 e. The minimum absolute atomic E-state index is 0.0847. The number of phosphoric acid groups is 2. The summed E-state index contributed by atoms with van der Waals surface area (Å²) < 4.78 is 67.6. The van der Waals surface area contributed by atoms with E-state index in [-0.39, 0.29) is 25.7 Å². The van der Waals surface area contributed by atoms with Crippen molar-refractivity contribution in [2.24, 2.45) is 5.92 Å². The van der Waals surface area contributed by atoms with Gasteiger partial charge in [-0.3, -0.25) is 37.3 Å². The van der Waals surface area contributed by atoms with Crippen molar-refractivity contribution < 1.29 is 80.2 Å². The molecule has 0 aliphatic rings. The molecule has 0 aliphatic carbocycles. The maximum absolute atomic E-state index is 13.0. The van der Waals surface area contributed by atoms with Crippen molar-refractivity contribution in [1.29, 1.82) is 0 Å². The van der Waals surface area contributed by atoms with Crippen LogP contribution in [0.2, 0.25) is 0 Å². The summed E-state index contributed by atoms with van der Waals surface area (Å²) in [5.74, 6) is -1.37. The Kier molecular flexibility index (Phi) is 54.7. The van der Waals surface area contributed by atoms with E-state index in [0.29, 0.717) is 25.7 Å². The van der Waals surface area contributed by atoms with Crippen molar-refractivity contribution in [2.75, 3.05) is 39.6 Å². The topological polar surface area (TPSA) is 237 Å². The highest BCUT2D eigenvalue weighted by Crippen LogP contribution is 2.45. The zero-order chi connectivity index (χ0) is 60.6. The molecule has 0 radical (unpaired) electrons. The Labute approximate surface area is 497 Å². The van der Waals surface area contributed by atoms with Crippen LogP contribution in [0.5, 0.6) is 0 Å². The SMILES string of the molecule is CCCCCC/C=C\C=C/CCCCCCCC(=O)O[C@H](COC(=O)CCCCCCCCCCCCC(C)CC)COP(=O)(O)OC[C@@H](O)COP(=O)(O)OC[C@@H](COC(=O)CCCCCCC)OC(=O)CCCCCCCCCC. The second-order valence-corrected chi connectivity index (χ2v) is 25.3. The number of hydrogen-bond donors (Lipinski definition) is 3. The van der Waals surface area contributed by atoms with Gasteiger partial charge in [0.2, 0.25) is 0 Å². The second-order valence-electron chi connectivity index (χ2n) is 22.4. The lowest BCUT2D eigenvalue weighted by molar-refractivity contribution is -0.161. The summed E-state index contributed by atoms with van der Waals surface area (Å²) in [5, 5.41) is 10.5. The predicted molar refractivity (Wildman–Crippen MR) is 326 cm³/mol. The third kappa shape index (κ3) is 55.4. The Hall–Kier alpha value is -2.46. The number of allylic oxidation sites excluding steroid dienone is 4. The summed E-state index contributed by atoms with van der Waals surface area (Å²) in [6, 6.07) is 0. The van der Waals surface area contributed by atoms with E-state index in [4.69, 9.17) is 37.0 Å². The number of rotatable bonds is 61. The fourth-order valence-electron chi connectivity index (χ4n) is 8.83. The van der Waals surface area contributed by atoms with Gasteiger partial charge in [-0.2, -0.15) is 0 Å². The van der Waals surface area contributed by atoms with Crippen LogP contribution in [0, 0.1) is 5.92 Å². The van der Waals surface area contributed by atoms with E-state index in [0.717, 1.165) is 121 Å². The van der Waals surface area contributed by atoms with Gasteiger partial charge in [0.1, 0.15) is 19.3 Å². The first-order chi connectivity index (χ1) is 39.6. The van der Waals surface area contributed by atoms with Gasteiger partial charge in [-0.05, 0) is 57.3 Å². The average molecular weight is 1210 g/mol. The Morgan fingerprint density at radius 2 is 0.683 bits per heavy atom. The largest absolute Gasteiger partial charge is 0.472 e. The van der Waals surface area contributed by atoms with Gasteiger partial charge in [-0.1, -0.05) is 239 Å². The van der Waals surface area contributed by atoms with Gasteiger partial charge >= 0.3 is 39.5 Å². The van der Waals surface area contributed by atoms with Crippen LogP contribution in [0.25, 0.3) is 0 Å². The van der Waals surface area contributed by atoms with Gasteiger partial charge in [0.15, 0.2) is 12.2 Å². The first-order valence-electron chi connectivity index (χ1n) is 32.5. The quantitative estimate of drug-likeness (QED) is 0.0169. The van der Waals surface area contributed by atoms with Crippen molar-refractivity contribution in [3.05, 3.63) is 24.3 Å². The van der Waals surface area contributed by atoms with E-state index in [1.807, 2.05) is 0 Å². The molecule has 482 valence electrons. The second kappa shape index (κ2) is 56.4. The van der Waals surface area contributed by atoms with Crippen molar-refractivity contribution in [3.63, 3.8) is 0 Å². The van der Waals surface area contributed by atoms with Crippen molar-refractivity contribution in [1.82, 2.24) is 0 Å². The molecule has 0 amide bonds. The molecule has 0 aromatic carbocycles. The normalized spacial score (nSPS) is 14.8. The van der Waals surface area contributed by atoms with Gasteiger partial charge in [0.25, 0.3) is 0 Å². The van der Waals surface area contributed by atoms with E-state index < -0.39 is 97.5 Å². The predicted octanol–water partition coefficient (Wildman–Crippen LogP) is 17.0. The third-order valence-corrected chi connectivity index (χ3v) is 16.2. The monoisotopic (exact) mass is 1210 g/mol. The molecule has 0 aliphatic heterocycles. The third-order valence-electron chi connectivity index (χ3n) is 14.3. The fourth-order valence-corrected chi connectivity index (χ4v) is 10.4. The van der Waals surface area contributed by atoms with Crippen LogP contribution in [0.4, 0.5) is 0 Å². The molecule has 6 atom stereocenters. The average Bonchev–Trinajstić information content (AvgIpc) is 3.45.